The van der Waals surface area contributed by atoms with Crippen LogP contribution >= 0.6 is 23.1 Å². The number of thioether (sulfide) groups is 1. The number of carbonyl (C=O) groups is 1. The molecule has 5 nitrogen and oxygen atoms in total. The number of para-hydroxylation sites is 3. The summed E-state index contributed by atoms with van der Waals surface area (Å²) >= 11 is 3.44. The van der Waals surface area contributed by atoms with E-state index in [1.165, 1.54) is 4.70 Å². The van der Waals surface area contributed by atoms with Gasteiger partial charge in [0.25, 0.3) is 0 Å². The molecule has 4 aromatic rings. The Labute approximate surface area is 177 Å². The van der Waals surface area contributed by atoms with Gasteiger partial charge in [0.15, 0.2) is 0 Å². The number of hydrogen-bond donors (Lipinski definition) is 0. The van der Waals surface area contributed by atoms with Crippen LogP contribution in [0.1, 0.15) is 29.7 Å². The van der Waals surface area contributed by atoms with Crippen LogP contribution in [-0.4, -0.2) is 38.1 Å². The molecule has 1 unspecified atom stereocenters. The fourth-order valence-corrected chi connectivity index (χ4v) is 5.72. The lowest BCUT2D eigenvalue weighted by molar-refractivity contribution is -0.132. The molecular formula is C22H22N4OS2. The maximum atomic E-state index is 13.4. The van der Waals surface area contributed by atoms with Crippen molar-refractivity contribution < 1.29 is 4.79 Å². The fourth-order valence-electron chi connectivity index (χ4n) is 4.12. The average Bonchev–Trinajstić information content (AvgIpc) is 3.45. The van der Waals surface area contributed by atoms with E-state index < -0.39 is 0 Å². The van der Waals surface area contributed by atoms with Gasteiger partial charge >= 0.3 is 0 Å². The topological polar surface area (TPSA) is 51.0 Å². The first-order valence-corrected chi connectivity index (χ1v) is 12.0. The Morgan fingerprint density at radius 1 is 1.14 bits per heavy atom. The SMILES string of the molecule is CSCc1nc2ccccc2n1CC(=O)N1CCCC1c1nc2ccccc2s1. The van der Waals surface area contributed by atoms with E-state index in [4.69, 9.17) is 9.97 Å². The summed E-state index contributed by atoms with van der Waals surface area (Å²) in [4.78, 5) is 25.0. The van der Waals surface area contributed by atoms with E-state index in [-0.39, 0.29) is 11.9 Å². The van der Waals surface area contributed by atoms with Gasteiger partial charge in [-0.3, -0.25) is 4.79 Å². The van der Waals surface area contributed by atoms with E-state index in [0.717, 1.165) is 52.5 Å². The van der Waals surface area contributed by atoms with Gasteiger partial charge in [-0.1, -0.05) is 24.3 Å². The Morgan fingerprint density at radius 3 is 2.76 bits per heavy atom. The molecule has 148 valence electrons. The summed E-state index contributed by atoms with van der Waals surface area (Å²) < 4.78 is 3.27. The van der Waals surface area contributed by atoms with Crippen molar-refractivity contribution in [3.05, 3.63) is 59.4 Å². The molecule has 0 aliphatic carbocycles. The molecule has 0 saturated carbocycles. The minimum atomic E-state index is 0.0821. The zero-order chi connectivity index (χ0) is 19.8. The molecule has 1 saturated heterocycles. The lowest BCUT2D eigenvalue weighted by Gasteiger charge is -2.24. The normalized spacial score (nSPS) is 16.9. The molecule has 1 fully saturated rings. The molecule has 2 aromatic carbocycles. The van der Waals surface area contributed by atoms with Crippen LogP contribution in [0.2, 0.25) is 0 Å². The molecule has 1 atom stereocenters. The number of benzene rings is 2. The lowest BCUT2D eigenvalue weighted by Crippen LogP contribution is -2.33. The number of nitrogens with zero attached hydrogens (tertiary/aromatic N) is 4. The molecule has 1 amide bonds. The Kier molecular flexibility index (Phi) is 5.01. The monoisotopic (exact) mass is 422 g/mol. The third-order valence-electron chi connectivity index (χ3n) is 5.47. The van der Waals surface area contributed by atoms with E-state index in [2.05, 4.69) is 23.0 Å². The minimum absolute atomic E-state index is 0.0821. The number of fused-ring (bicyclic) bond motifs is 2. The van der Waals surface area contributed by atoms with E-state index >= 15 is 0 Å². The molecule has 1 aliphatic heterocycles. The van der Waals surface area contributed by atoms with Gasteiger partial charge in [0.05, 0.1) is 33.0 Å². The quantitative estimate of drug-likeness (QED) is 0.460. The highest BCUT2D eigenvalue weighted by Gasteiger charge is 2.32. The second kappa shape index (κ2) is 7.80. The zero-order valence-corrected chi connectivity index (χ0v) is 17.9. The van der Waals surface area contributed by atoms with Crippen molar-refractivity contribution in [2.75, 3.05) is 12.8 Å². The molecule has 3 heterocycles. The molecular weight excluding hydrogens is 400 g/mol. The Morgan fingerprint density at radius 2 is 1.93 bits per heavy atom. The maximum absolute atomic E-state index is 13.4. The molecule has 0 N–H and O–H groups in total. The van der Waals surface area contributed by atoms with E-state index in [0.29, 0.717) is 6.54 Å². The summed E-state index contributed by atoms with van der Waals surface area (Å²) in [7, 11) is 0. The Bertz CT molecular complexity index is 1150. The lowest BCUT2D eigenvalue weighted by atomic mass is 10.2. The summed E-state index contributed by atoms with van der Waals surface area (Å²) in [5.74, 6) is 1.91. The van der Waals surface area contributed by atoms with Gasteiger partial charge in [-0.25, -0.2) is 9.97 Å². The molecule has 0 radical (unpaired) electrons. The molecule has 29 heavy (non-hydrogen) atoms. The molecule has 5 rings (SSSR count). The molecule has 7 heteroatoms. The summed E-state index contributed by atoms with van der Waals surface area (Å²) in [6, 6.07) is 16.3. The van der Waals surface area contributed by atoms with Crippen molar-refractivity contribution in [1.82, 2.24) is 19.4 Å². The van der Waals surface area contributed by atoms with Crippen LogP contribution in [0.5, 0.6) is 0 Å². The van der Waals surface area contributed by atoms with Crippen molar-refractivity contribution >= 4 is 50.3 Å². The smallest absolute Gasteiger partial charge is 0.243 e. The van der Waals surface area contributed by atoms with E-state index in [1.54, 1.807) is 23.1 Å². The predicted octanol–water partition coefficient (Wildman–Crippen LogP) is 4.87. The van der Waals surface area contributed by atoms with Crippen LogP contribution < -0.4 is 0 Å². The summed E-state index contributed by atoms with van der Waals surface area (Å²) in [6.07, 6.45) is 4.07. The summed E-state index contributed by atoms with van der Waals surface area (Å²) in [5, 5.41) is 1.05. The largest absolute Gasteiger partial charge is 0.332 e. The molecule has 0 spiro atoms. The zero-order valence-electron chi connectivity index (χ0n) is 16.2. The second-order valence-corrected chi connectivity index (χ2v) is 9.23. The highest BCUT2D eigenvalue weighted by atomic mass is 32.2. The first-order valence-electron chi connectivity index (χ1n) is 9.82. The van der Waals surface area contributed by atoms with Crippen LogP contribution in [-0.2, 0) is 17.1 Å². The third kappa shape index (κ3) is 3.42. The summed E-state index contributed by atoms with van der Waals surface area (Å²) in [5.41, 5.74) is 3.00. The van der Waals surface area contributed by atoms with Gasteiger partial charge in [-0.2, -0.15) is 11.8 Å². The van der Waals surface area contributed by atoms with Crippen LogP contribution in [0, 0.1) is 0 Å². The van der Waals surface area contributed by atoms with Crippen molar-refractivity contribution in [3.8, 4) is 0 Å². The van der Waals surface area contributed by atoms with Crippen molar-refractivity contribution in [3.63, 3.8) is 0 Å². The number of amides is 1. The van der Waals surface area contributed by atoms with Crippen LogP contribution in [0.15, 0.2) is 48.5 Å². The fraction of sp³-hybridized carbons (Fsp3) is 0.318. The second-order valence-electron chi connectivity index (χ2n) is 7.30. The number of rotatable bonds is 5. The van der Waals surface area contributed by atoms with Crippen molar-refractivity contribution in [2.24, 2.45) is 0 Å². The first kappa shape index (κ1) is 18.6. The van der Waals surface area contributed by atoms with E-state index in [9.17, 15) is 4.79 Å². The maximum Gasteiger partial charge on any atom is 0.243 e. The van der Waals surface area contributed by atoms with E-state index in [1.807, 2.05) is 41.3 Å². The number of imidazole rings is 1. The number of thiazole rings is 1. The van der Waals surface area contributed by atoms with Gasteiger partial charge in [-0.05, 0) is 43.4 Å². The standard InChI is InChI=1S/C22H22N4OS2/c1-28-14-20-23-15-7-2-4-9-17(15)26(20)13-21(27)25-12-6-10-18(25)22-24-16-8-3-5-11-19(16)29-22/h2-5,7-9,11,18H,6,10,12-14H2,1H3. The van der Waals surface area contributed by atoms with Crippen LogP contribution in [0.4, 0.5) is 0 Å². The Balaban J connectivity index is 1.44. The average molecular weight is 423 g/mol. The molecule has 2 aromatic heterocycles. The van der Waals surface area contributed by atoms with Crippen LogP contribution in [0.3, 0.4) is 0 Å². The predicted molar refractivity (Wildman–Crippen MR) is 120 cm³/mol. The third-order valence-corrected chi connectivity index (χ3v) is 7.15. The van der Waals surface area contributed by atoms with Gasteiger partial charge in [0, 0.05) is 6.54 Å². The van der Waals surface area contributed by atoms with Gasteiger partial charge < -0.3 is 9.47 Å². The minimum Gasteiger partial charge on any atom is -0.332 e. The van der Waals surface area contributed by atoms with Crippen molar-refractivity contribution in [2.45, 2.75) is 31.2 Å². The van der Waals surface area contributed by atoms with Gasteiger partial charge in [-0.15, -0.1) is 11.3 Å². The first-order chi connectivity index (χ1) is 14.2. The highest BCUT2D eigenvalue weighted by Crippen LogP contribution is 2.36. The van der Waals surface area contributed by atoms with Crippen molar-refractivity contribution in [1.29, 1.82) is 0 Å². The summed E-state index contributed by atoms with van der Waals surface area (Å²) in [6.45, 7) is 1.13. The molecule has 0 bridgehead atoms. The number of carbonyl (C=O) groups excluding carboxylic acids is 1. The number of likely N-dealkylation sites (tertiary alicyclic amines) is 1. The van der Waals surface area contributed by atoms with Gasteiger partial charge in [0.1, 0.15) is 17.4 Å². The number of aromatic nitrogens is 3. The van der Waals surface area contributed by atoms with Crippen LogP contribution in [0.25, 0.3) is 21.3 Å². The highest BCUT2D eigenvalue weighted by molar-refractivity contribution is 7.97. The number of hydrogen-bond acceptors (Lipinski definition) is 5. The Hall–Kier alpha value is -2.38. The van der Waals surface area contributed by atoms with Gasteiger partial charge in [0.2, 0.25) is 5.91 Å². The molecule has 1 aliphatic rings.